The Morgan fingerprint density at radius 3 is 2.48 bits per heavy atom. The van der Waals surface area contributed by atoms with Crippen LogP contribution >= 0.6 is 11.8 Å². The van der Waals surface area contributed by atoms with Crippen LogP contribution in [0.1, 0.15) is 38.3 Å². The van der Waals surface area contributed by atoms with Crippen molar-refractivity contribution < 1.29 is 4.74 Å². The number of hydrogen-bond donors (Lipinski definition) is 0. The Kier molecular flexibility index (Phi) is 6.16. The first kappa shape index (κ1) is 21.6. The van der Waals surface area contributed by atoms with Crippen molar-refractivity contribution in [2.24, 2.45) is 0 Å². The zero-order valence-corrected chi connectivity index (χ0v) is 19.3. The molecule has 0 amide bonds. The SMILES string of the molecule is COCCCn1c(=O)c2ccccc2n2c(SCc3ccc(C(C)(C)C)cc3)nnc12. The Labute approximate surface area is 186 Å². The zero-order valence-electron chi connectivity index (χ0n) is 18.5. The molecule has 2 aromatic carbocycles. The number of nitrogens with zero attached hydrogens (tertiary/aromatic N) is 4. The van der Waals surface area contributed by atoms with E-state index in [9.17, 15) is 4.79 Å². The molecule has 162 valence electrons. The summed E-state index contributed by atoms with van der Waals surface area (Å²) >= 11 is 1.63. The quantitative estimate of drug-likeness (QED) is 0.311. The predicted octanol–water partition coefficient (Wildman–Crippen LogP) is 4.67. The molecule has 7 heteroatoms. The zero-order chi connectivity index (χ0) is 22.0. The molecule has 0 atom stereocenters. The minimum Gasteiger partial charge on any atom is -0.385 e. The van der Waals surface area contributed by atoms with E-state index in [4.69, 9.17) is 4.74 Å². The van der Waals surface area contributed by atoms with Gasteiger partial charge in [-0.15, -0.1) is 10.2 Å². The van der Waals surface area contributed by atoms with Gasteiger partial charge in [0.05, 0.1) is 10.9 Å². The molecular formula is C24H28N4O2S. The van der Waals surface area contributed by atoms with Crippen LogP contribution in [-0.4, -0.2) is 32.9 Å². The fourth-order valence-electron chi connectivity index (χ4n) is 3.64. The lowest BCUT2D eigenvalue weighted by molar-refractivity contribution is 0.190. The third-order valence-electron chi connectivity index (χ3n) is 5.40. The van der Waals surface area contributed by atoms with E-state index in [0.29, 0.717) is 24.3 Å². The third kappa shape index (κ3) is 4.38. The van der Waals surface area contributed by atoms with Crippen LogP contribution in [0.15, 0.2) is 58.5 Å². The van der Waals surface area contributed by atoms with Gasteiger partial charge in [-0.25, -0.2) is 0 Å². The van der Waals surface area contributed by atoms with Crippen molar-refractivity contribution in [3.63, 3.8) is 0 Å². The van der Waals surface area contributed by atoms with Crippen molar-refractivity contribution in [2.45, 2.75) is 50.1 Å². The number of fused-ring (bicyclic) bond motifs is 3. The monoisotopic (exact) mass is 436 g/mol. The van der Waals surface area contributed by atoms with Crippen LogP contribution in [-0.2, 0) is 22.4 Å². The first-order chi connectivity index (χ1) is 14.9. The second kappa shape index (κ2) is 8.85. The summed E-state index contributed by atoms with van der Waals surface area (Å²) in [5.74, 6) is 1.35. The molecule has 0 aliphatic heterocycles. The van der Waals surface area contributed by atoms with Crippen LogP contribution in [0.25, 0.3) is 16.7 Å². The van der Waals surface area contributed by atoms with Crippen molar-refractivity contribution in [3.05, 3.63) is 70.0 Å². The third-order valence-corrected chi connectivity index (χ3v) is 6.40. The Hall–Kier alpha value is -2.64. The van der Waals surface area contributed by atoms with Gasteiger partial charge in [-0.3, -0.25) is 13.8 Å². The minimum atomic E-state index is -0.0408. The second-order valence-corrected chi connectivity index (χ2v) is 9.62. The summed E-state index contributed by atoms with van der Waals surface area (Å²) in [6.07, 6.45) is 0.736. The fraction of sp³-hybridized carbons (Fsp3) is 0.375. The molecule has 0 saturated carbocycles. The predicted molar refractivity (Wildman–Crippen MR) is 126 cm³/mol. The van der Waals surface area contributed by atoms with Gasteiger partial charge in [0.25, 0.3) is 5.56 Å². The molecule has 6 nitrogen and oxygen atoms in total. The van der Waals surface area contributed by atoms with Gasteiger partial charge in [0, 0.05) is 26.0 Å². The highest BCUT2D eigenvalue weighted by atomic mass is 32.2. The summed E-state index contributed by atoms with van der Waals surface area (Å²) in [5, 5.41) is 10.3. The number of aryl methyl sites for hydroxylation is 1. The van der Waals surface area contributed by atoms with E-state index in [0.717, 1.165) is 22.8 Å². The standard InChI is InChI=1S/C24H28N4O2S/c1-24(2,3)18-12-10-17(11-13-18)16-31-23-26-25-22-27(14-7-15-30-4)21(29)19-8-5-6-9-20(19)28(22)23/h5-6,8-13H,7,14-16H2,1-4H3. The number of thioether (sulfide) groups is 1. The van der Waals surface area contributed by atoms with Crippen LogP contribution in [0.2, 0.25) is 0 Å². The normalized spacial score (nSPS) is 12.1. The van der Waals surface area contributed by atoms with E-state index >= 15 is 0 Å². The van der Waals surface area contributed by atoms with E-state index in [1.165, 1.54) is 11.1 Å². The van der Waals surface area contributed by atoms with E-state index < -0.39 is 0 Å². The van der Waals surface area contributed by atoms with E-state index in [1.807, 2.05) is 28.7 Å². The second-order valence-electron chi connectivity index (χ2n) is 8.67. The first-order valence-corrected chi connectivity index (χ1v) is 11.5. The molecule has 0 N–H and O–H groups in total. The van der Waals surface area contributed by atoms with Crippen molar-refractivity contribution in [1.29, 1.82) is 0 Å². The number of hydrogen-bond acceptors (Lipinski definition) is 5. The Morgan fingerprint density at radius 2 is 1.77 bits per heavy atom. The highest BCUT2D eigenvalue weighted by Gasteiger charge is 2.17. The van der Waals surface area contributed by atoms with Gasteiger partial charge in [0.15, 0.2) is 5.16 Å². The van der Waals surface area contributed by atoms with Crippen LogP contribution in [0.5, 0.6) is 0 Å². The van der Waals surface area contributed by atoms with E-state index in [-0.39, 0.29) is 11.0 Å². The molecule has 0 aliphatic rings. The molecule has 0 spiro atoms. The van der Waals surface area contributed by atoms with Crippen LogP contribution in [0.4, 0.5) is 0 Å². The maximum atomic E-state index is 13.1. The van der Waals surface area contributed by atoms with Crippen molar-refractivity contribution >= 4 is 28.4 Å². The van der Waals surface area contributed by atoms with Crippen LogP contribution < -0.4 is 5.56 Å². The number of para-hydroxylation sites is 1. The largest absolute Gasteiger partial charge is 0.385 e. The van der Waals surface area contributed by atoms with Gasteiger partial charge in [0.1, 0.15) is 0 Å². The van der Waals surface area contributed by atoms with Gasteiger partial charge in [-0.1, -0.05) is 68.9 Å². The molecule has 4 aromatic rings. The van der Waals surface area contributed by atoms with Gasteiger partial charge >= 0.3 is 0 Å². The number of ether oxygens (including phenoxy) is 1. The summed E-state index contributed by atoms with van der Waals surface area (Å²) < 4.78 is 8.87. The average Bonchev–Trinajstić information content (AvgIpc) is 3.18. The number of rotatable bonds is 7. The molecule has 2 aromatic heterocycles. The highest BCUT2D eigenvalue weighted by molar-refractivity contribution is 7.98. The van der Waals surface area contributed by atoms with Gasteiger partial charge in [-0.05, 0) is 35.1 Å². The number of benzene rings is 2. The lowest BCUT2D eigenvalue weighted by Gasteiger charge is -2.19. The molecule has 0 fully saturated rings. The Bertz CT molecular complexity index is 1250. The van der Waals surface area contributed by atoms with Crippen LogP contribution in [0, 0.1) is 0 Å². The molecule has 2 heterocycles. The molecule has 0 unspecified atom stereocenters. The van der Waals surface area contributed by atoms with E-state index in [1.54, 1.807) is 23.4 Å². The maximum absolute atomic E-state index is 13.1. The fourth-order valence-corrected chi connectivity index (χ4v) is 4.54. The van der Waals surface area contributed by atoms with Crippen molar-refractivity contribution in [3.8, 4) is 0 Å². The maximum Gasteiger partial charge on any atom is 0.262 e. The Balaban J connectivity index is 1.70. The summed E-state index contributed by atoms with van der Waals surface area (Å²) in [5.41, 5.74) is 3.48. The van der Waals surface area contributed by atoms with Crippen LogP contribution in [0.3, 0.4) is 0 Å². The van der Waals surface area contributed by atoms with Gasteiger partial charge < -0.3 is 4.74 Å². The summed E-state index contributed by atoms with van der Waals surface area (Å²) in [4.78, 5) is 13.1. The average molecular weight is 437 g/mol. The lowest BCUT2D eigenvalue weighted by atomic mass is 9.87. The minimum absolute atomic E-state index is 0.0408. The molecule has 0 saturated heterocycles. The van der Waals surface area contributed by atoms with Gasteiger partial charge in [-0.2, -0.15) is 0 Å². The molecule has 0 radical (unpaired) electrons. The molecular weight excluding hydrogens is 408 g/mol. The molecule has 31 heavy (non-hydrogen) atoms. The Morgan fingerprint density at radius 1 is 1.03 bits per heavy atom. The van der Waals surface area contributed by atoms with E-state index in [2.05, 4.69) is 55.2 Å². The summed E-state index contributed by atoms with van der Waals surface area (Å²) in [6.45, 7) is 7.78. The topological polar surface area (TPSA) is 61.4 Å². The number of methoxy groups -OCH3 is 1. The smallest absolute Gasteiger partial charge is 0.262 e. The lowest BCUT2D eigenvalue weighted by Crippen LogP contribution is -2.24. The molecule has 4 rings (SSSR count). The van der Waals surface area contributed by atoms with Crippen molar-refractivity contribution in [1.82, 2.24) is 19.2 Å². The van der Waals surface area contributed by atoms with Crippen molar-refractivity contribution in [2.75, 3.05) is 13.7 Å². The first-order valence-electron chi connectivity index (χ1n) is 10.5. The summed E-state index contributed by atoms with van der Waals surface area (Å²) in [6, 6.07) is 16.4. The molecule has 0 aliphatic carbocycles. The highest BCUT2D eigenvalue weighted by Crippen LogP contribution is 2.27. The molecule has 0 bridgehead atoms. The summed E-state index contributed by atoms with van der Waals surface area (Å²) in [7, 11) is 1.67. The van der Waals surface area contributed by atoms with Gasteiger partial charge in [0.2, 0.25) is 5.78 Å². The number of aromatic nitrogens is 4.